The van der Waals surface area contributed by atoms with Crippen molar-refractivity contribution in [3.63, 3.8) is 0 Å². The van der Waals surface area contributed by atoms with Crippen LogP contribution in [0.25, 0.3) is 0 Å². The largest absolute Gasteiger partial charge is 0.493 e. The summed E-state index contributed by atoms with van der Waals surface area (Å²) in [4.78, 5) is 12.4. The second-order valence-electron chi connectivity index (χ2n) is 4.17. The molecule has 1 aromatic heterocycles. The number of ether oxygens (including phenoxy) is 2. The van der Waals surface area contributed by atoms with Gasteiger partial charge < -0.3 is 9.47 Å². The van der Waals surface area contributed by atoms with Crippen LogP contribution in [0.4, 0.5) is 0 Å². The first-order valence-corrected chi connectivity index (χ1v) is 5.74. The predicted molar refractivity (Wildman–Crippen MR) is 64.3 cm³/mol. The maximum Gasteiger partial charge on any atom is 0.213 e. The Labute approximate surface area is 102 Å². The maximum absolute atomic E-state index is 12.4. The smallest absolute Gasteiger partial charge is 0.213 e. The molecule has 0 aromatic carbocycles. The Morgan fingerprint density at radius 3 is 2.65 bits per heavy atom. The molecule has 0 amide bonds. The van der Waals surface area contributed by atoms with Gasteiger partial charge >= 0.3 is 0 Å². The monoisotopic (exact) mass is 240 g/mol. The molecular formula is C12H20N2O3. The number of aryl methyl sites for hydroxylation is 1. The summed E-state index contributed by atoms with van der Waals surface area (Å²) in [6.45, 7) is 6.31. The highest BCUT2D eigenvalue weighted by atomic mass is 16.5. The molecule has 17 heavy (non-hydrogen) atoms. The summed E-state index contributed by atoms with van der Waals surface area (Å²) in [6.07, 6.45) is 1.08. The zero-order chi connectivity index (χ0) is 13.0. The van der Waals surface area contributed by atoms with Crippen molar-refractivity contribution in [2.75, 3.05) is 13.7 Å². The molecule has 0 aliphatic heterocycles. The van der Waals surface area contributed by atoms with Crippen LogP contribution in [0.5, 0.6) is 5.75 Å². The van der Waals surface area contributed by atoms with Gasteiger partial charge in [0, 0.05) is 13.7 Å². The fourth-order valence-corrected chi connectivity index (χ4v) is 1.73. The van der Waals surface area contributed by atoms with Crippen LogP contribution in [-0.2, 0) is 11.8 Å². The Kier molecular flexibility index (Phi) is 4.69. The van der Waals surface area contributed by atoms with Crippen LogP contribution in [-0.4, -0.2) is 35.4 Å². The van der Waals surface area contributed by atoms with Crippen molar-refractivity contribution in [3.8, 4) is 5.75 Å². The van der Waals surface area contributed by atoms with E-state index >= 15 is 0 Å². The Bertz CT molecular complexity index is 385. The van der Waals surface area contributed by atoms with Crippen LogP contribution < -0.4 is 4.74 Å². The summed E-state index contributed by atoms with van der Waals surface area (Å²) in [5.41, 5.74) is 0.458. The number of hydrogen-bond donors (Lipinski definition) is 0. The molecule has 1 atom stereocenters. The van der Waals surface area contributed by atoms with Gasteiger partial charge in [0.15, 0.2) is 5.75 Å². The summed E-state index contributed by atoms with van der Waals surface area (Å²) in [7, 11) is 3.25. The second-order valence-corrected chi connectivity index (χ2v) is 4.17. The van der Waals surface area contributed by atoms with Crippen molar-refractivity contribution < 1.29 is 14.3 Å². The summed E-state index contributed by atoms with van der Waals surface area (Å²) < 4.78 is 12.2. The number of hydrogen-bond acceptors (Lipinski definition) is 4. The van der Waals surface area contributed by atoms with Crippen molar-refractivity contribution in [3.05, 3.63) is 11.9 Å². The summed E-state index contributed by atoms with van der Waals surface area (Å²) >= 11 is 0. The average molecular weight is 240 g/mol. The molecule has 0 N–H and O–H groups in total. The van der Waals surface area contributed by atoms with Gasteiger partial charge in [0.25, 0.3) is 0 Å². The van der Waals surface area contributed by atoms with E-state index in [1.807, 2.05) is 20.8 Å². The van der Waals surface area contributed by atoms with Crippen molar-refractivity contribution in [1.29, 1.82) is 0 Å². The molecule has 5 nitrogen and oxygen atoms in total. The van der Waals surface area contributed by atoms with Crippen molar-refractivity contribution in [2.24, 2.45) is 13.0 Å². The third kappa shape index (κ3) is 2.85. The molecule has 1 unspecified atom stereocenters. The highest BCUT2D eigenvalue weighted by Gasteiger charge is 2.29. The molecule has 1 aromatic rings. The lowest BCUT2D eigenvalue weighted by molar-refractivity contribution is 0.0269. The molecule has 0 fully saturated rings. The maximum atomic E-state index is 12.4. The Morgan fingerprint density at radius 2 is 2.18 bits per heavy atom. The van der Waals surface area contributed by atoms with Crippen LogP contribution in [0.1, 0.15) is 31.3 Å². The Hall–Kier alpha value is -1.36. The van der Waals surface area contributed by atoms with E-state index < -0.39 is 6.10 Å². The highest BCUT2D eigenvalue weighted by molar-refractivity contribution is 6.00. The molecule has 0 saturated heterocycles. The lowest BCUT2D eigenvalue weighted by Crippen LogP contribution is -2.31. The minimum absolute atomic E-state index is 0.0845. The van der Waals surface area contributed by atoms with E-state index in [1.165, 1.54) is 18.0 Å². The van der Waals surface area contributed by atoms with Gasteiger partial charge in [-0.1, -0.05) is 13.8 Å². The molecule has 0 aliphatic rings. The molecule has 0 saturated carbocycles. The van der Waals surface area contributed by atoms with Gasteiger partial charge in [-0.15, -0.1) is 0 Å². The molecule has 0 bridgehead atoms. The van der Waals surface area contributed by atoms with Crippen LogP contribution in [0.3, 0.4) is 0 Å². The number of ketones is 1. The van der Waals surface area contributed by atoms with E-state index in [2.05, 4.69) is 5.10 Å². The molecule has 1 rings (SSSR count). The zero-order valence-corrected chi connectivity index (χ0v) is 11.1. The number of carbonyl (C=O) groups is 1. The molecule has 96 valence electrons. The fourth-order valence-electron chi connectivity index (χ4n) is 1.73. The van der Waals surface area contributed by atoms with Crippen molar-refractivity contribution in [2.45, 2.75) is 26.9 Å². The van der Waals surface area contributed by atoms with E-state index in [0.717, 1.165) is 0 Å². The third-order valence-corrected chi connectivity index (χ3v) is 2.57. The minimum atomic E-state index is -0.454. The first kappa shape index (κ1) is 13.7. The Morgan fingerprint density at radius 1 is 1.53 bits per heavy atom. The summed E-state index contributed by atoms with van der Waals surface area (Å²) in [5, 5.41) is 4.03. The normalized spacial score (nSPS) is 12.8. The third-order valence-electron chi connectivity index (χ3n) is 2.57. The van der Waals surface area contributed by atoms with Gasteiger partial charge in [0.1, 0.15) is 11.8 Å². The standard InChI is InChI=1S/C12H20N2O3/c1-6-17-12(8(2)3)11(15)10-9(16-5)7-13-14(10)4/h7-8,12H,6H2,1-5H3. The van der Waals surface area contributed by atoms with Gasteiger partial charge in [-0.05, 0) is 12.8 Å². The second kappa shape index (κ2) is 5.82. The highest BCUT2D eigenvalue weighted by Crippen LogP contribution is 2.22. The first-order chi connectivity index (χ1) is 8.02. The molecular weight excluding hydrogens is 220 g/mol. The molecule has 0 aliphatic carbocycles. The van der Waals surface area contributed by atoms with E-state index in [-0.39, 0.29) is 11.7 Å². The van der Waals surface area contributed by atoms with Crippen molar-refractivity contribution in [1.82, 2.24) is 9.78 Å². The molecule has 1 heterocycles. The van der Waals surface area contributed by atoms with Crippen LogP contribution >= 0.6 is 0 Å². The van der Waals surface area contributed by atoms with E-state index in [0.29, 0.717) is 18.1 Å². The number of rotatable bonds is 6. The fraction of sp³-hybridized carbons (Fsp3) is 0.667. The van der Waals surface area contributed by atoms with Gasteiger partial charge in [-0.3, -0.25) is 9.48 Å². The Balaban J connectivity index is 3.04. The van der Waals surface area contributed by atoms with Gasteiger partial charge in [0.05, 0.1) is 13.3 Å². The first-order valence-electron chi connectivity index (χ1n) is 5.74. The van der Waals surface area contributed by atoms with Crippen LogP contribution in [0.15, 0.2) is 6.20 Å². The van der Waals surface area contributed by atoms with Crippen LogP contribution in [0, 0.1) is 5.92 Å². The number of aromatic nitrogens is 2. The topological polar surface area (TPSA) is 53.4 Å². The average Bonchev–Trinajstić information content (AvgIpc) is 2.66. The quantitative estimate of drug-likeness (QED) is 0.710. The molecule has 5 heteroatoms. The predicted octanol–water partition coefficient (Wildman–Crippen LogP) is 1.67. The van der Waals surface area contributed by atoms with Gasteiger partial charge in [-0.25, -0.2) is 0 Å². The number of Topliss-reactive ketones (excluding diaryl/α,β-unsaturated/α-hetero) is 1. The number of carbonyl (C=O) groups excluding carboxylic acids is 1. The van der Waals surface area contributed by atoms with E-state index in [4.69, 9.17) is 9.47 Å². The van der Waals surface area contributed by atoms with Crippen molar-refractivity contribution >= 4 is 5.78 Å². The summed E-state index contributed by atoms with van der Waals surface area (Å²) in [5.74, 6) is 0.517. The number of nitrogens with zero attached hydrogens (tertiary/aromatic N) is 2. The number of methoxy groups -OCH3 is 1. The molecule has 0 radical (unpaired) electrons. The van der Waals surface area contributed by atoms with Gasteiger partial charge in [-0.2, -0.15) is 5.10 Å². The van der Waals surface area contributed by atoms with E-state index in [1.54, 1.807) is 7.05 Å². The zero-order valence-electron chi connectivity index (χ0n) is 11.1. The lowest BCUT2D eigenvalue weighted by atomic mass is 10.0. The van der Waals surface area contributed by atoms with Gasteiger partial charge in [0.2, 0.25) is 5.78 Å². The van der Waals surface area contributed by atoms with E-state index in [9.17, 15) is 4.79 Å². The minimum Gasteiger partial charge on any atom is -0.493 e. The summed E-state index contributed by atoms with van der Waals surface area (Å²) in [6, 6.07) is 0. The molecule has 0 spiro atoms. The SMILES string of the molecule is CCOC(C(=O)c1c(OC)cnn1C)C(C)C. The van der Waals surface area contributed by atoms with Crippen LogP contribution in [0.2, 0.25) is 0 Å². The lowest BCUT2D eigenvalue weighted by Gasteiger charge is -2.19.